The van der Waals surface area contributed by atoms with Gasteiger partial charge in [-0.1, -0.05) is 11.6 Å². The van der Waals surface area contributed by atoms with Gasteiger partial charge in [-0.05, 0) is 18.2 Å². The predicted molar refractivity (Wildman–Crippen MR) is 53.5 cm³/mol. The number of benzene rings is 1. The van der Waals surface area contributed by atoms with Crippen LogP contribution in [0.4, 0.5) is 17.6 Å². The molecule has 0 aromatic heterocycles. The van der Waals surface area contributed by atoms with Crippen molar-refractivity contribution in [2.75, 3.05) is 0 Å². The van der Waals surface area contributed by atoms with Gasteiger partial charge in [-0.3, -0.25) is 0 Å². The Hall–Kier alpha value is -1.01. The minimum absolute atomic E-state index is 0.133. The van der Waals surface area contributed by atoms with Gasteiger partial charge in [0.25, 0.3) is 5.92 Å². The lowest BCUT2D eigenvalue weighted by Gasteiger charge is -2.16. The maximum absolute atomic E-state index is 13.1. The van der Waals surface area contributed by atoms with Gasteiger partial charge < -0.3 is 10.5 Å². The first-order valence-corrected chi connectivity index (χ1v) is 5.05. The summed E-state index contributed by atoms with van der Waals surface area (Å²) in [5.41, 5.74) is 3.29. The van der Waals surface area contributed by atoms with Crippen LogP contribution in [0.5, 0.6) is 5.75 Å². The van der Waals surface area contributed by atoms with Gasteiger partial charge in [-0.2, -0.15) is 8.78 Å². The summed E-state index contributed by atoms with van der Waals surface area (Å²) in [5.74, 6) is -3.50. The second-order valence-electron chi connectivity index (χ2n) is 3.87. The average Bonchev–Trinajstić information content (AvgIpc) is 2.69. The highest BCUT2D eigenvalue weighted by molar-refractivity contribution is 6.30. The highest BCUT2D eigenvalue weighted by atomic mass is 35.5. The third-order valence-corrected chi connectivity index (χ3v) is 2.90. The highest BCUT2D eigenvalue weighted by Gasteiger charge is 2.70. The van der Waals surface area contributed by atoms with E-state index in [9.17, 15) is 17.6 Å². The van der Waals surface area contributed by atoms with Gasteiger partial charge in [0, 0.05) is 17.0 Å². The Labute approximate surface area is 99.3 Å². The second kappa shape index (κ2) is 3.74. The first kappa shape index (κ1) is 12.4. The minimum Gasteiger partial charge on any atom is -0.434 e. The van der Waals surface area contributed by atoms with Crippen LogP contribution in [0.2, 0.25) is 5.02 Å². The number of rotatable bonds is 3. The molecule has 2 nitrogen and oxygen atoms in total. The number of halogens is 5. The standard InChI is InChI=1S/C10H8ClF4NO/c11-5-1-2-7(17-8(12)13)6(3-5)9(16)4-10(9,14)15/h1-3,8H,4,16H2. The third-order valence-electron chi connectivity index (χ3n) is 2.67. The van der Waals surface area contributed by atoms with Gasteiger partial charge in [-0.15, -0.1) is 0 Å². The zero-order chi connectivity index (χ0) is 12.8. The van der Waals surface area contributed by atoms with Crippen LogP contribution < -0.4 is 10.5 Å². The quantitative estimate of drug-likeness (QED) is 0.856. The van der Waals surface area contributed by atoms with Crippen LogP contribution in [0.1, 0.15) is 12.0 Å². The molecule has 94 valence electrons. The van der Waals surface area contributed by atoms with Crippen molar-refractivity contribution in [1.82, 2.24) is 0 Å². The summed E-state index contributed by atoms with van der Waals surface area (Å²) in [6.45, 7) is -3.11. The molecule has 0 heterocycles. The molecule has 0 bridgehead atoms. The maximum atomic E-state index is 13.1. The molecule has 1 atom stereocenters. The summed E-state index contributed by atoms with van der Waals surface area (Å²) < 4.78 is 54.6. The van der Waals surface area contributed by atoms with E-state index in [2.05, 4.69) is 4.74 Å². The smallest absolute Gasteiger partial charge is 0.387 e. The van der Waals surface area contributed by atoms with Crippen LogP contribution >= 0.6 is 11.6 Å². The van der Waals surface area contributed by atoms with Gasteiger partial charge in [-0.25, -0.2) is 8.78 Å². The van der Waals surface area contributed by atoms with Crippen LogP contribution in [0.3, 0.4) is 0 Å². The Kier molecular flexibility index (Phi) is 2.74. The number of alkyl halides is 4. The van der Waals surface area contributed by atoms with Crippen LogP contribution in [-0.4, -0.2) is 12.5 Å². The van der Waals surface area contributed by atoms with Crippen molar-refractivity contribution in [1.29, 1.82) is 0 Å². The van der Waals surface area contributed by atoms with E-state index in [0.29, 0.717) is 0 Å². The molecule has 1 aromatic rings. The van der Waals surface area contributed by atoms with E-state index in [-0.39, 0.29) is 16.3 Å². The molecule has 1 aromatic carbocycles. The third kappa shape index (κ3) is 2.07. The van der Waals surface area contributed by atoms with Crippen LogP contribution in [-0.2, 0) is 5.54 Å². The largest absolute Gasteiger partial charge is 0.434 e. The molecule has 0 aliphatic heterocycles. The van der Waals surface area contributed by atoms with E-state index in [1.807, 2.05) is 0 Å². The summed E-state index contributed by atoms with van der Waals surface area (Å²) in [4.78, 5) is 0. The Morgan fingerprint density at radius 1 is 1.35 bits per heavy atom. The lowest BCUT2D eigenvalue weighted by molar-refractivity contribution is -0.0512. The van der Waals surface area contributed by atoms with Crippen molar-refractivity contribution in [3.63, 3.8) is 0 Å². The highest BCUT2D eigenvalue weighted by Crippen LogP contribution is 2.59. The number of hydrogen-bond donors (Lipinski definition) is 1. The molecule has 1 fully saturated rings. The van der Waals surface area contributed by atoms with Gasteiger partial charge >= 0.3 is 6.61 Å². The van der Waals surface area contributed by atoms with E-state index in [4.69, 9.17) is 17.3 Å². The summed E-state index contributed by atoms with van der Waals surface area (Å²) >= 11 is 5.64. The first-order valence-electron chi connectivity index (χ1n) is 4.68. The zero-order valence-electron chi connectivity index (χ0n) is 8.39. The summed E-state index contributed by atoms with van der Waals surface area (Å²) in [5, 5.41) is 0.133. The molecule has 1 aliphatic carbocycles. The van der Waals surface area contributed by atoms with Gasteiger partial charge in [0.1, 0.15) is 11.3 Å². The van der Waals surface area contributed by atoms with Crippen molar-refractivity contribution in [3.05, 3.63) is 28.8 Å². The molecule has 2 rings (SSSR count). The minimum atomic E-state index is -3.13. The zero-order valence-corrected chi connectivity index (χ0v) is 9.15. The van der Waals surface area contributed by atoms with Gasteiger partial charge in [0.05, 0.1) is 0 Å². The Balaban J connectivity index is 2.42. The van der Waals surface area contributed by atoms with Crippen molar-refractivity contribution in [2.45, 2.75) is 24.5 Å². The molecule has 7 heteroatoms. The average molecular weight is 270 g/mol. The van der Waals surface area contributed by atoms with Crippen LogP contribution in [0.25, 0.3) is 0 Å². The summed E-state index contributed by atoms with van der Waals surface area (Å²) in [6.07, 6.45) is -0.611. The van der Waals surface area contributed by atoms with Crippen molar-refractivity contribution in [2.24, 2.45) is 5.73 Å². The van der Waals surface area contributed by atoms with E-state index in [1.54, 1.807) is 0 Å². The molecular formula is C10H8ClF4NO. The van der Waals surface area contributed by atoms with E-state index in [0.717, 1.165) is 12.1 Å². The van der Waals surface area contributed by atoms with E-state index >= 15 is 0 Å². The topological polar surface area (TPSA) is 35.2 Å². The van der Waals surface area contributed by atoms with Crippen molar-refractivity contribution < 1.29 is 22.3 Å². The molecule has 1 aliphatic rings. The fourth-order valence-corrected chi connectivity index (χ4v) is 1.82. The molecule has 1 saturated carbocycles. The van der Waals surface area contributed by atoms with Crippen LogP contribution in [0.15, 0.2) is 18.2 Å². The van der Waals surface area contributed by atoms with Gasteiger partial charge in [0.2, 0.25) is 0 Å². The Bertz CT molecular complexity index is 454. The van der Waals surface area contributed by atoms with Crippen molar-refractivity contribution in [3.8, 4) is 5.75 Å². The molecule has 0 spiro atoms. The first-order chi connectivity index (χ1) is 7.76. The molecule has 0 radical (unpaired) electrons. The number of nitrogens with two attached hydrogens (primary N) is 1. The molecule has 2 N–H and O–H groups in total. The fraction of sp³-hybridized carbons (Fsp3) is 0.400. The van der Waals surface area contributed by atoms with Crippen LogP contribution in [0, 0.1) is 0 Å². The fourth-order valence-electron chi connectivity index (χ4n) is 1.65. The van der Waals surface area contributed by atoms with Crippen molar-refractivity contribution >= 4 is 11.6 Å². The molecular weight excluding hydrogens is 262 g/mol. The second-order valence-corrected chi connectivity index (χ2v) is 4.31. The SMILES string of the molecule is NC1(c2cc(Cl)ccc2OC(F)F)CC1(F)F. The monoisotopic (exact) mass is 269 g/mol. The van der Waals surface area contributed by atoms with E-state index < -0.39 is 24.5 Å². The predicted octanol–water partition coefficient (Wildman–Crippen LogP) is 3.13. The molecule has 17 heavy (non-hydrogen) atoms. The number of ether oxygens (including phenoxy) is 1. The summed E-state index contributed by atoms with van der Waals surface area (Å²) in [6, 6.07) is 3.50. The summed E-state index contributed by atoms with van der Waals surface area (Å²) in [7, 11) is 0. The molecule has 0 amide bonds. The van der Waals surface area contributed by atoms with Gasteiger partial charge in [0.15, 0.2) is 0 Å². The van der Waals surface area contributed by atoms with E-state index in [1.165, 1.54) is 6.07 Å². The molecule has 0 saturated heterocycles. The Morgan fingerprint density at radius 2 is 1.94 bits per heavy atom. The Morgan fingerprint density at radius 3 is 2.41 bits per heavy atom. The molecule has 1 unspecified atom stereocenters. The maximum Gasteiger partial charge on any atom is 0.387 e. The lowest BCUT2D eigenvalue weighted by Crippen LogP contribution is -2.28. The number of hydrogen-bond acceptors (Lipinski definition) is 2. The normalized spacial score (nSPS) is 26.1. The lowest BCUT2D eigenvalue weighted by atomic mass is 10.0.